The van der Waals surface area contributed by atoms with Gasteiger partial charge in [-0.15, -0.1) is 11.8 Å². The molecule has 13 nitrogen and oxygen atoms in total. The van der Waals surface area contributed by atoms with E-state index in [0.29, 0.717) is 59.0 Å². The van der Waals surface area contributed by atoms with Crippen molar-refractivity contribution in [2.45, 2.75) is 42.7 Å². The molecule has 5 amide bonds. The minimum Gasteiger partial charge on any atom is -0.493 e. The number of hydrogen-bond donors (Lipinski definition) is 2. The van der Waals surface area contributed by atoms with Crippen molar-refractivity contribution in [3.05, 3.63) is 75.8 Å². The zero-order valence-corrected chi connectivity index (χ0v) is 29.7. The molecular formula is C35H29Cl2FN6O7S. The van der Waals surface area contributed by atoms with Crippen LogP contribution in [-0.4, -0.2) is 87.4 Å². The van der Waals surface area contributed by atoms with Crippen LogP contribution < -0.4 is 20.1 Å². The molecule has 0 spiro atoms. The van der Waals surface area contributed by atoms with Gasteiger partial charge >= 0.3 is 0 Å². The largest absolute Gasteiger partial charge is 0.493 e. The van der Waals surface area contributed by atoms with Crippen molar-refractivity contribution in [1.29, 1.82) is 0 Å². The molecule has 3 aliphatic rings. The lowest BCUT2D eigenvalue weighted by Gasteiger charge is -2.32. The smallest absolute Gasteiger partial charge is 0.263 e. The fraction of sp³-hybridized carbons (Fsp3) is 0.286. The number of halogens is 3. The molecule has 0 radical (unpaired) electrons. The summed E-state index contributed by atoms with van der Waals surface area (Å²) in [6.07, 6.45) is 2.21. The Hall–Kier alpha value is -4.99. The summed E-state index contributed by atoms with van der Waals surface area (Å²) in [5, 5.41) is 5.55. The van der Waals surface area contributed by atoms with Crippen LogP contribution in [0.15, 0.2) is 53.7 Å². The number of piperidine rings is 2. The van der Waals surface area contributed by atoms with E-state index in [1.165, 1.54) is 31.6 Å². The molecule has 0 bridgehead atoms. The van der Waals surface area contributed by atoms with Crippen LogP contribution in [-0.2, 0) is 14.4 Å². The van der Waals surface area contributed by atoms with Crippen molar-refractivity contribution in [3.63, 3.8) is 0 Å². The number of benzene rings is 3. The van der Waals surface area contributed by atoms with E-state index in [9.17, 15) is 28.4 Å². The van der Waals surface area contributed by atoms with Gasteiger partial charge in [-0.25, -0.2) is 14.4 Å². The normalized spacial score (nSPS) is 17.7. The lowest BCUT2D eigenvalue weighted by molar-refractivity contribution is -0.136. The number of nitrogens with zero attached hydrogens (tertiary/aromatic N) is 4. The number of amides is 5. The van der Waals surface area contributed by atoms with Crippen molar-refractivity contribution >= 4 is 86.9 Å². The number of thioether (sulfide) groups is 1. The van der Waals surface area contributed by atoms with Crippen LogP contribution in [0, 0.1) is 5.82 Å². The molecule has 7 rings (SSSR count). The maximum absolute atomic E-state index is 14.8. The highest BCUT2D eigenvalue weighted by Gasteiger charge is 2.45. The van der Waals surface area contributed by atoms with Crippen molar-refractivity contribution < 1.29 is 37.8 Å². The SMILES string of the molecule is COc1cc2ncnc(Nc3ccc(Cl)c(Cl)c3F)c2cc1OC1CCN(C(=O)CSc2cccc3c2C(=O)N(C2CCC(=O)NC2=O)C3=O)CC1. The molecule has 1 unspecified atom stereocenters. The molecule has 2 saturated heterocycles. The summed E-state index contributed by atoms with van der Waals surface area (Å²) >= 11 is 13.1. The number of carbonyl (C=O) groups excluding carboxylic acids is 5. The van der Waals surface area contributed by atoms with Crippen LogP contribution >= 0.6 is 35.0 Å². The van der Waals surface area contributed by atoms with Gasteiger partial charge in [0.15, 0.2) is 17.3 Å². The number of rotatable bonds is 9. The van der Waals surface area contributed by atoms with E-state index in [4.69, 9.17) is 32.7 Å². The minimum absolute atomic E-state index is 0.0222. The second-order valence-electron chi connectivity index (χ2n) is 12.2. The standard InChI is InChI=1S/C35H29Cl2FN6O7S/c1-50-24-14-22-19(32(40-16-39-22)41-21-6-5-20(36)30(37)31(21)38)13-25(24)51-17-9-11-43(12-10-17)28(46)15-52-26-4-2-3-18-29(26)35(49)44(34(18)48)23-7-8-27(45)42-33(23)47/h2-6,13-14,16-17,23H,7-12,15H2,1H3,(H,39,40,41)(H,42,45,47). The van der Waals surface area contributed by atoms with Crippen LogP contribution in [0.4, 0.5) is 15.9 Å². The van der Waals surface area contributed by atoms with E-state index in [0.717, 1.165) is 16.7 Å². The van der Waals surface area contributed by atoms with Crippen LogP contribution in [0.1, 0.15) is 46.4 Å². The van der Waals surface area contributed by atoms with Gasteiger partial charge in [-0.1, -0.05) is 29.3 Å². The maximum Gasteiger partial charge on any atom is 0.263 e. The third kappa shape index (κ3) is 6.71. The summed E-state index contributed by atoms with van der Waals surface area (Å²) in [5.74, 6) is -2.04. The van der Waals surface area contributed by atoms with Gasteiger partial charge in [0.1, 0.15) is 24.3 Å². The van der Waals surface area contributed by atoms with E-state index in [-0.39, 0.29) is 57.5 Å². The fourth-order valence-electron chi connectivity index (χ4n) is 6.40. The number of anilines is 2. The number of fused-ring (bicyclic) bond motifs is 2. The number of carbonyl (C=O) groups is 5. The average molecular weight is 768 g/mol. The number of likely N-dealkylation sites (tertiary alicyclic amines) is 1. The lowest BCUT2D eigenvalue weighted by Crippen LogP contribution is -2.54. The molecule has 3 aromatic carbocycles. The Morgan fingerprint density at radius 2 is 1.83 bits per heavy atom. The average Bonchev–Trinajstić information content (AvgIpc) is 3.40. The van der Waals surface area contributed by atoms with Crippen LogP contribution in [0.3, 0.4) is 0 Å². The monoisotopic (exact) mass is 766 g/mol. The maximum atomic E-state index is 14.8. The third-order valence-electron chi connectivity index (χ3n) is 9.08. The van der Waals surface area contributed by atoms with Crippen LogP contribution in [0.2, 0.25) is 10.0 Å². The zero-order chi connectivity index (χ0) is 36.7. The quantitative estimate of drug-likeness (QED) is 0.128. The van der Waals surface area contributed by atoms with Gasteiger partial charge in [-0.2, -0.15) is 0 Å². The molecule has 17 heteroatoms. The molecule has 3 aliphatic heterocycles. The Balaban J connectivity index is 0.991. The Bertz CT molecular complexity index is 2170. The van der Waals surface area contributed by atoms with Gasteiger partial charge in [0.2, 0.25) is 17.7 Å². The molecule has 4 heterocycles. The summed E-state index contributed by atoms with van der Waals surface area (Å²) in [6, 6.07) is 10.1. The number of hydrogen-bond acceptors (Lipinski definition) is 11. The van der Waals surface area contributed by atoms with E-state index in [1.807, 2.05) is 0 Å². The van der Waals surface area contributed by atoms with Crippen molar-refractivity contribution in [2.75, 3.05) is 31.3 Å². The Kier molecular flexibility index (Phi) is 9.92. The molecule has 268 valence electrons. The first-order valence-electron chi connectivity index (χ1n) is 16.2. The minimum atomic E-state index is -1.08. The summed E-state index contributed by atoms with van der Waals surface area (Å²) in [4.78, 5) is 75.6. The molecule has 1 aromatic heterocycles. The van der Waals surface area contributed by atoms with Gasteiger partial charge < -0.3 is 19.7 Å². The van der Waals surface area contributed by atoms with Gasteiger partial charge in [-0.05, 0) is 36.8 Å². The number of aromatic nitrogens is 2. The van der Waals surface area contributed by atoms with Crippen molar-refractivity contribution in [2.24, 2.45) is 0 Å². The van der Waals surface area contributed by atoms with Crippen LogP contribution in [0.25, 0.3) is 10.9 Å². The highest BCUT2D eigenvalue weighted by Crippen LogP contribution is 2.38. The molecule has 1 atom stereocenters. The first-order valence-corrected chi connectivity index (χ1v) is 17.9. The van der Waals surface area contributed by atoms with Gasteiger partial charge in [0.25, 0.3) is 11.8 Å². The zero-order valence-electron chi connectivity index (χ0n) is 27.4. The predicted octanol–water partition coefficient (Wildman–Crippen LogP) is 5.39. The van der Waals surface area contributed by atoms with Crippen LogP contribution in [0.5, 0.6) is 11.5 Å². The van der Waals surface area contributed by atoms with E-state index >= 15 is 0 Å². The Morgan fingerprint density at radius 3 is 2.58 bits per heavy atom. The second-order valence-corrected chi connectivity index (χ2v) is 14.0. The lowest BCUT2D eigenvalue weighted by atomic mass is 10.0. The van der Waals surface area contributed by atoms with E-state index < -0.39 is 35.5 Å². The van der Waals surface area contributed by atoms with E-state index in [2.05, 4.69) is 20.6 Å². The highest BCUT2D eigenvalue weighted by atomic mass is 35.5. The van der Waals surface area contributed by atoms with Crippen molar-refractivity contribution in [3.8, 4) is 11.5 Å². The summed E-state index contributed by atoms with van der Waals surface area (Å²) in [7, 11) is 1.51. The molecule has 52 heavy (non-hydrogen) atoms. The van der Waals surface area contributed by atoms with Gasteiger partial charge in [-0.3, -0.25) is 34.2 Å². The van der Waals surface area contributed by atoms with Crippen molar-refractivity contribution in [1.82, 2.24) is 25.1 Å². The Morgan fingerprint density at radius 1 is 1.04 bits per heavy atom. The molecule has 4 aromatic rings. The summed E-state index contributed by atoms with van der Waals surface area (Å²) in [5.41, 5.74) is 0.912. The molecule has 2 fully saturated rings. The third-order valence-corrected chi connectivity index (χ3v) is 10.9. The highest BCUT2D eigenvalue weighted by molar-refractivity contribution is 8.00. The first-order chi connectivity index (χ1) is 25.0. The number of imide groups is 2. The molecule has 0 saturated carbocycles. The molecule has 2 N–H and O–H groups in total. The summed E-state index contributed by atoms with van der Waals surface area (Å²) < 4.78 is 26.8. The first kappa shape index (κ1) is 35.4. The molecular weight excluding hydrogens is 738 g/mol. The predicted molar refractivity (Wildman–Crippen MR) is 190 cm³/mol. The number of ether oxygens (including phenoxy) is 2. The van der Waals surface area contributed by atoms with E-state index in [1.54, 1.807) is 29.2 Å². The Labute approximate surface area is 310 Å². The fourth-order valence-corrected chi connectivity index (χ4v) is 7.69. The van der Waals surface area contributed by atoms with Gasteiger partial charge in [0, 0.05) is 48.7 Å². The van der Waals surface area contributed by atoms with Gasteiger partial charge in [0.05, 0.1) is 45.2 Å². The molecule has 0 aliphatic carbocycles. The second kappa shape index (κ2) is 14.6. The summed E-state index contributed by atoms with van der Waals surface area (Å²) in [6.45, 7) is 0.833. The topological polar surface area (TPSA) is 160 Å². The number of methoxy groups -OCH3 is 1. The number of nitrogens with one attached hydrogen (secondary N) is 2.